The molecule has 2 nitrogen and oxygen atoms in total. The Hall–Kier alpha value is -0.880. The monoisotopic (exact) mass is 317 g/mol. The largest absolute Gasteiger partial charge is 0.382 e. The number of benzene rings is 1. The van der Waals surface area contributed by atoms with Crippen LogP contribution in [0.1, 0.15) is 25.7 Å². The third-order valence-electron chi connectivity index (χ3n) is 4.25. The van der Waals surface area contributed by atoms with Crippen LogP contribution in [0.25, 0.3) is 0 Å². The van der Waals surface area contributed by atoms with Crippen molar-refractivity contribution in [2.24, 2.45) is 0 Å². The molecule has 1 spiro atoms. The van der Waals surface area contributed by atoms with Gasteiger partial charge >= 0.3 is 0 Å². The fourth-order valence-corrected chi connectivity index (χ4v) is 4.35. The molecule has 21 heavy (non-hydrogen) atoms. The fourth-order valence-electron chi connectivity index (χ4n) is 3.12. The van der Waals surface area contributed by atoms with Gasteiger partial charge < -0.3 is 10.1 Å². The van der Waals surface area contributed by atoms with E-state index in [-0.39, 0.29) is 11.6 Å². The second kappa shape index (κ2) is 6.08. The molecular weight excluding hydrogens is 299 g/mol. The van der Waals surface area contributed by atoms with Crippen LogP contribution >= 0.6 is 11.8 Å². The van der Waals surface area contributed by atoms with E-state index in [0.717, 1.165) is 49.3 Å². The van der Waals surface area contributed by atoms with E-state index in [4.69, 9.17) is 4.74 Å². The molecular formula is C15H18F3NOS. The number of nitrogens with one attached hydrogen (secondary N) is 1. The number of halogens is 3. The molecule has 2 fully saturated rings. The first-order chi connectivity index (χ1) is 10.1. The number of thioether (sulfide) groups is 1. The molecule has 1 aromatic rings. The molecule has 1 atom stereocenters. The topological polar surface area (TPSA) is 21.3 Å². The van der Waals surface area contributed by atoms with Crippen LogP contribution in [0.2, 0.25) is 0 Å². The van der Waals surface area contributed by atoms with Crippen LogP contribution < -0.4 is 5.32 Å². The van der Waals surface area contributed by atoms with Gasteiger partial charge in [0.1, 0.15) is 0 Å². The van der Waals surface area contributed by atoms with Crippen LogP contribution in [0, 0.1) is 17.5 Å². The maximum absolute atomic E-state index is 13.3. The predicted molar refractivity (Wildman–Crippen MR) is 78.2 cm³/mol. The van der Waals surface area contributed by atoms with Crippen LogP contribution in [0.5, 0.6) is 0 Å². The van der Waals surface area contributed by atoms with Crippen molar-refractivity contribution in [1.29, 1.82) is 0 Å². The van der Waals surface area contributed by atoms with E-state index in [1.807, 2.05) is 11.8 Å². The van der Waals surface area contributed by atoms with E-state index in [1.165, 1.54) is 0 Å². The summed E-state index contributed by atoms with van der Waals surface area (Å²) in [6, 6.07) is 2.13. The first-order valence-electron chi connectivity index (χ1n) is 7.21. The molecule has 0 saturated carbocycles. The quantitative estimate of drug-likeness (QED) is 0.834. The van der Waals surface area contributed by atoms with Gasteiger partial charge in [-0.05, 0) is 37.2 Å². The Kier molecular flexibility index (Phi) is 4.36. The zero-order chi connectivity index (χ0) is 14.9. The molecule has 6 heteroatoms. The summed E-state index contributed by atoms with van der Waals surface area (Å²) in [5, 5.41) is 3.13. The number of hydrogen-bond acceptors (Lipinski definition) is 3. The van der Waals surface area contributed by atoms with Crippen molar-refractivity contribution in [3.8, 4) is 0 Å². The number of rotatable bonds is 2. The molecule has 2 aliphatic heterocycles. The molecule has 1 N–H and O–H groups in total. The highest BCUT2D eigenvalue weighted by Gasteiger charge is 2.38. The van der Waals surface area contributed by atoms with Gasteiger partial charge in [0.25, 0.3) is 0 Å². The highest BCUT2D eigenvalue weighted by atomic mass is 32.2. The molecule has 1 aromatic carbocycles. The average molecular weight is 317 g/mol. The zero-order valence-corrected chi connectivity index (χ0v) is 12.4. The Labute approximate surface area is 126 Å². The molecule has 0 aliphatic carbocycles. The third kappa shape index (κ3) is 3.31. The average Bonchev–Trinajstić information content (AvgIpc) is 2.45. The number of hydrogen-bond donors (Lipinski definition) is 1. The molecule has 0 aromatic heterocycles. The molecule has 3 rings (SSSR count). The van der Waals surface area contributed by atoms with Gasteiger partial charge in [0.2, 0.25) is 0 Å². The Morgan fingerprint density at radius 1 is 1.14 bits per heavy atom. The van der Waals surface area contributed by atoms with Crippen molar-refractivity contribution in [3.05, 3.63) is 29.6 Å². The van der Waals surface area contributed by atoms with Crippen LogP contribution in [0.4, 0.5) is 18.9 Å². The lowest BCUT2D eigenvalue weighted by Crippen LogP contribution is -2.46. The van der Waals surface area contributed by atoms with E-state index in [9.17, 15) is 13.2 Å². The van der Waals surface area contributed by atoms with Gasteiger partial charge in [-0.25, -0.2) is 13.2 Å². The van der Waals surface area contributed by atoms with E-state index in [1.54, 1.807) is 0 Å². The summed E-state index contributed by atoms with van der Waals surface area (Å²) in [4.78, 5) is 0. The van der Waals surface area contributed by atoms with Gasteiger partial charge in [-0.1, -0.05) is 0 Å². The summed E-state index contributed by atoms with van der Waals surface area (Å²) < 4.78 is 45.5. The lowest BCUT2D eigenvalue weighted by atomic mass is 9.85. The summed E-state index contributed by atoms with van der Waals surface area (Å²) in [7, 11) is 0. The highest BCUT2D eigenvalue weighted by molar-refractivity contribution is 7.99. The SMILES string of the molecule is Fc1cc(NC2CCOC3(CCSCC3)C2)cc(F)c1F. The molecule has 2 aliphatic rings. The molecule has 0 radical (unpaired) electrons. The van der Waals surface area contributed by atoms with Crippen molar-refractivity contribution in [3.63, 3.8) is 0 Å². The molecule has 116 valence electrons. The smallest absolute Gasteiger partial charge is 0.194 e. The Bertz CT molecular complexity index is 491. The van der Waals surface area contributed by atoms with E-state index >= 15 is 0 Å². The summed E-state index contributed by atoms with van der Waals surface area (Å²) >= 11 is 1.93. The summed E-state index contributed by atoms with van der Waals surface area (Å²) in [5.74, 6) is -1.56. The lowest BCUT2D eigenvalue weighted by Gasteiger charge is -2.43. The van der Waals surface area contributed by atoms with Crippen LogP contribution in [-0.4, -0.2) is 29.8 Å². The Morgan fingerprint density at radius 2 is 1.81 bits per heavy atom. The van der Waals surface area contributed by atoms with Gasteiger partial charge in [0.15, 0.2) is 17.5 Å². The summed E-state index contributed by atoms with van der Waals surface area (Å²) in [6.07, 6.45) is 3.65. The minimum absolute atomic E-state index is 0.0989. The first-order valence-corrected chi connectivity index (χ1v) is 8.36. The van der Waals surface area contributed by atoms with Gasteiger partial charge in [0, 0.05) is 30.5 Å². The van der Waals surface area contributed by atoms with Crippen molar-refractivity contribution < 1.29 is 17.9 Å². The number of anilines is 1. The first kappa shape index (κ1) is 15.0. The molecule has 2 saturated heterocycles. The minimum Gasteiger partial charge on any atom is -0.382 e. The Balaban J connectivity index is 1.70. The predicted octanol–water partition coefficient (Wildman–Crippen LogP) is 3.96. The summed E-state index contributed by atoms with van der Waals surface area (Å²) in [6.45, 7) is 0.647. The summed E-state index contributed by atoms with van der Waals surface area (Å²) in [5.41, 5.74) is 0.191. The second-order valence-electron chi connectivity index (χ2n) is 5.73. The maximum Gasteiger partial charge on any atom is 0.194 e. The van der Waals surface area contributed by atoms with Crippen molar-refractivity contribution in [1.82, 2.24) is 0 Å². The fraction of sp³-hybridized carbons (Fsp3) is 0.600. The van der Waals surface area contributed by atoms with Crippen LogP contribution in [0.15, 0.2) is 12.1 Å². The lowest BCUT2D eigenvalue weighted by molar-refractivity contribution is -0.0865. The van der Waals surface area contributed by atoms with Crippen LogP contribution in [-0.2, 0) is 4.74 Å². The zero-order valence-electron chi connectivity index (χ0n) is 11.6. The van der Waals surface area contributed by atoms with Crippen molar-refractivity contribution >= 4 is 17.4 Å². The second-order valence-corrected chi connectivity index (χ2v) is 6.96. The van der Waals surface area contributed by atoms with Gasteiger partial charge in [0.05, 0.1) is 5.60 Å². The molecule has 2 heterocycles. The van der Waals surface area contributed by atoms with Crippen LogP contribution in [0.3, 0.4) is 0 Å². The Morgan fingerprint density at radius 3 is 2.48 bits per heavy atom. The van der Waals surface area contributed by atoms with Crippen molar-refractivity contribution in [2.75, 3.05) is 23.4 Å². The normalized spacial score (nSPS) is 25.0. The maximum atomic E-state index is 13.3. The standard InChI is InChI=1S/C15H18F3NOS/c16-12-7-11(8-13(17)14(12)18)19-10-1-4-20-15(9-10)2-5-21-6-3-15/h7-8,10,19H,1-6,9H2. The van der Waals surface area contributed by atoms with Gasteiger partial charge in [-0.2, -0.15) is 11.8 Å². The van der Waals surface area contributed by atoms with Gasteiger partial charge in [-0.3, -0.25) is 0 Å². The van der Waals surface area contributed by atoms with E-state index in [2.05, 4.69) is 5.32 Å². The van der Waals surface area contributed by atoms with Gasteiger partial charge in [-0.15, -0.1) is 0 Å². The van der Waals surface area contributed by atoms with E-state index < -0.39 is 17.5 Å². The molecule has 0 bridgehead atoms. The number of ether oxygens (including phenoxy) is 1. The van der Waals surface area contributed by atoms with Crippen molar-refractivity contribution in [2.45, 2.75) is 37.3 Å². The van der Waals surface area contributed by atoms with E-state index in [0.29, 0.717) is 12.3 Å². The third-order valence-corrected chi connectivity index (χ3v) is 5.24. The molecule has 1 unspecified atom stereocenters. The minimum atomic E-state index is -1.42. The highest BCUT2D eigenvalue weighted by Crippen LogP contribution is 2.38. The molecule has 0 amide bonds.